The van der Waals surface area contributed by atoms with Crippen molar-refractivity contribution in [1.29, 1.82) is 0 Å². The first-order chi connectivity index (χ1) is 13.6. The Morgan fingerprint density at radius 3 is 1.97 bits per heavy atom. The molecule has 2 aromatic rings. The average molecular weight is 409 g/mol. The van der Waals surface area contributed by atoms with Gasteiger partial charge in [-0.05, 0) is 49.0 Å². The molecule has 0 saturated heterocycles. The van der Waals surface area contributed by atoms with Crippen LogP contribution in [0, 0.1) is 11.8 Å². The topological polar surface area (TPSA) is 26.3 Å². The monoisotopic (exact) mass is 408 g/mol. The smallest absolute Gasteiger partial charge is 0.220 e. The second kappa shape index (κ2) is 9.68. The van der Waals surface area contributed by atoms with E-state index in [0.717, 1.165) is 5.57 Å². The van der Waals surface area contributed by atoms with E-state index in [1.54, 1.807) is 0 Å². The van der Waals surface area contributed by atoms with Crippen LogP contribution in [0.2, 0.25) is 13.1 Å². The van der Waals surface area contributed by atoms with Crippen LogP contribution in [0.15, 0.2) is 72.3 Å². The van der Waals surface area contributed by atoms with Gasteiger partial charge in [0.2, 0.25) is 8.32 Å². The molecule has 29 heavy (non-hydrogen) atoms. The molecule has 2 aromatic carbocycles. The number of ketones is 1. The third-order valence-corrected chi connectivity index (χ3v) is 7.80. The van der Waals surface area contributed by atoms with Crippen molar-refractivity contribution >= 4 is 19.3 Å². The molecule has 0 aliphatic carbocycles. The second-order valence-corrected chi connectivity index (χ2v) is 13.0. The van der Waals surface area contributed by atoms with Gasteiger partial charge in [-0.15, -0.1) is 0 Å². The molecule has 0 aromatic heterocycles. The molecule has 3 heteroatoms. The van der Waals surface area contributed by atoms with Crippen molar-refractivity contribution in [2.45, 2.75) is 59.7 Å². The lowest BCUT2D eigenvalue weighted by Gasteiger charge is -2.42. The molecule has 1 atom stereocenters. The van der Waals surface area contributed by atoms with Crippen LogP contribution in [-0.4, -0.2) is 19.7 Å². The molecule has 0 unspecified atom stereocenters. The Bertz CT molecular complexity index is 822. The number of rotatable bonds is 9. The van der Waals surface area contributed by atoms with Gasteiger partial charge in [-0.2, -0.15) is 0 Å². The summed E-state index contributed by atoms with van der Waals surface area (Å²) in [6.07, 6.45) is 2.86. The normalized spacial score (nSPS) is 14.9. The van der Waals surface area contributed by atoms with Crippen LogP contribution in [0.3, 0.4) is 0 Å². The van der Waals surface area contributed by atoms with Crippen molar-refractivity contribution in [3.63, 3.8) is 0 Å². The first-order valence-corrected chi connectivity index (χ1v) is 13.5. The summed E-state index contributed by atoms with van der Waals surface area (Å²) >= 11 is 0. The SMILES string of the molecule is C/C(=C\C(C)C)[C@](CC(C)C)(O[Si](C)(C)c1ccccc1)C(=O)c1ccccc1. The van der Waals surface area contributed by atoms with Gasteiger partial charge in [-0.3, -0.25) is 4.79 Å². The molecule has 0 aliphatic heterocycles. The summed E-state index contributed by atoms with van der Waals surface area (Å²) in [5.74, 6) is 0.728. The predicted octanol–water partition coefficient (Wildman–Crippen LogP) is 6.39. The first kappa shape index (κ1) is 23.3. The van der Waals surface area contributed by atoms with E-state index in [1.165, 1.54) is 5.19 Å². The average Bonchev–Trinajstić information content (AvgIpc) is 2.67. The van der Waals surface area contributed by atoms with Crippen molar-refractivity contribution in [3.8, 4) is 0 Å². The fraction of sp³-hybridized carbons (Fsp3) is 0.423. The zero-order chi connectivity index (χ0) is 21.7. The number of hydrogen-bond acceptors (Lipinski definition) is 2. The van der Waals surface area contributed by atoms with Crippen molar-refractivity contribution in [1.82, 2.24) is 0 Å². The fourth-order valence-electron chi connectivity index (χ4n) is 3.97. The molecule has 0 aliphatic rings. The third kappa shape index (κ3) is 5.77. The molecule has 0 bridgehead atoms. The number of allylic oxidation sites excluding steroid dienone is 1. The zero-order valence-electron chi connectivity index (χ0n) is 19.0. The van der Waals surface area contributed by atoms with Gasteiger partial charge in [-0.25, -0.2) is 0 Å². The highest BCUT2D eigenvalue weighted by Gasteiger charge is 2.47. The quantitative estimate of drug-likeness (QED) is 0.273. The minimum absolute atomic E-state index is 0.0673. The van der Waals surface area contributed by atoms with E-state index in [4.69, 9.17) is 4.43 Å². The highest BCUT2D eigenvalue weighted by atomic mass is 28.4. The van der Waals surface area contributed by atoms with Crippen molar-refractivity contribution in [2.75, 3.05) is 0 Å². The Hall–Kier alpha value is -1.97. The molecule has 0 fully saturated rings. The molecule has 0 radical (unpaired) electrons. The van der Waals surface area contributed by atoms with E-state index >= 15 is 0 Å². The Balaban J connectivity index is 2.65. The van der Waals surface area contributed by atoms with Crippen LogP contribution >= 0.6 is 0 Å². The van der Waals surface area contributed by atoms with Crippen LogP contribution in [0.1, 0.15) is 51.4 Å². The Morgan fingerprint density at radius 1 is 0.966 bits per heavy atom. The standard InChI is InChI=1S/C26H36O2Si/c1-20(2)18-22(5)26(19-21(3)4,25(27)23-14-10-8-11-15-23)28-29(6,7)24-16-12-9-13-17-24/h8-18,20-21H,19H2,1-7H3/b22-18+/t26-/m0/s1. The van der Waals surface area contributed by atoms with Gasteiger partial charge in [0, 0.05) is 5.56 Å². The maximum atomic E-state index is 14.0. The van der Waals surface area contributed by atoms with Gasteiger partial charge in [-0.1, -0.05) is 94.4 Å². The van der Waals surface area contributed by atoms with Gasteiger partial charge in [0.05, 0.1) is 0 Å². The largest absolute Gasteiger partial charge is 0.397 e. The van der Waals surface area contributed by atoms with Gasteiger partial charge in [0.25, 0.3) is 0 Å². The maximum absolute atomic E-state index is 14.0. The summed E-state index contributed by atoms with van der Waals surface area (Å²) < 4.78 is 7.02. The number of Topliss-reactive ketones (excluding diaryl/α,β-unsaturated/α-hetero) is 1. The van der Waals surface area contributed by atoms with Crippen molar-refractivity contribution in [2.24, 2.45) is 11.8 Å². The van der Waals surface area contributed by atoms with Crippen LogP contribution in [0.25, 0.3) is 0 Å². The third-order valence-electron chi connectivity index (χ3n) is 5.22. The molecule has 156 valence electrons. The predicted molar refractivity (Wildman–Crippen MR) is 126 cm³/mol. The lowest BCUT2D eigenvalue weighted by atomic mass is 9.79. The van der Waals surface area contributed by atoms with Crippen molar-refractivity contribution < 1.29 is 9.22 Å². The molecule has 0 N–H and O–H groups in total. The van der Waals surface area contributed by atoms with E-state index in [2.05, 4.69) is 65.9 Å². The van der Waals surface area contributed by atoms with E-state index in [9.17, 15) is 4.79 Å². The van der Waals surface area contributed by atoms with E-state index in [1.807, 2.05) is 48.5 Å². The Labute approximate surface area is 178 Å². The molecular weight excluding hydrogens is 372 g/mol. The number of carbonyl (C=O) groups excluding carboxylic acids is 1. The minimum atomic E-state index is -2.35. The van der Waals surface area contributed by atoms with E-state index in [-0.39, 0.29) is 5.78 Å². The highest BCUT2D eigenvalue weighted by Crippen LogP contribution is 2.36. The summed E-state index contributed by atoms with van der Waals surface area (Å²) in [7, 11) is -2.35. The van der Waals surface area contributed by atoms with Crippen LogP contribution in [0.5, 0.6) is 0 Å². The van der Waals surface area contributed by atoms with Crippen molar-refractivity contribution in [3.05, 3.63) is 77.9 Å². The van der Waals surface area contributed by atoms with E-state index < -0.39 is 13.9 Å². The van der Waals surface area contributed by atoms with Gasteiger partial charge >= 0.3 is 0 Å². The van der Waals surface area contributed by atoms with Gasteiger partial charge in [0.1, 0.15) is 5.60 Å². The lowest BCUT2D eigenvalue weighted by Crippen LogP contribution is -2.56. The summed E-state index contributed by atoms with van der Waals surface area (Å²) in [5.41, 5.74) is 0.778. The second-order valence-electron chi connectivity index (χ2n) is 9.19. The number of carbonyl (C=O) groups is 1. The molecule has 0 heterocycles. The van der Waals surface area contributed by atoms with E-state index in [0.29, 0.717) is 23.8 Å². The first-order valence-electron chi connectivity index (χ1n) is 10.6. The summed E-state index contributed by atoms with van der Waals surface area (Å²) in [6.45, 7) is 15.1. The minimum Gasteiger partial charge on any atom is -0.397 e. The van der Waals surface area contributed by atoms with Gasteiger partial charge < -0.3 is 4.43 Å². The van der Waals surface area contributed by atoms with Gasteiger partial charge in [0.15, 0.2) is 5.78 Å². The zero-order valence-corrected chi connectivity index (χ0v) is 20.0. The fourth-order valence-corrected chi connectivity index (χ4v) is 6.29. The number of benzene rings is 2. The van der Waals surface area contributed by atoms with Crippen LogP contribution in [0.4, 0.5) is 0 Å². The summed E-state index contributed by atoms with van der Waals surface area (Å²) in [6, 6.07) is 20.0. The maximum Gasteiger partial charge on any atom is 0.220 e. The molecular formula is C26H36O2Si. The lowest BCUT2D eigenvalue weighted by molar-refractivity contribution is 0.0480. The molecule has 0 saturated carbocycles. The van der Waals surface area contributed by atoms with Crippen LogP contribution < -0.4 is 5.19 Å². The Morgan fingerprint density at radius 2 is 1.48 bits per heavy atom. The van der Waals surface area contributed by atoms with Crippen LogP contribution in [-0.2, 0) is 4.43 Å². The summed E-state index contributed by atoms with van der Waals surface area (Å²) in [4.78, 5) is 14.0. The number of hydrogen-bond donors (Lipinski definition) is 0. The molecule has 0 spiro atoms. The highest BCUT2D eigenvalue weighted by molar-refractivity contribution is 6.84. The summed E-state index contributed by atoms with van der Waals surface area (Å²) in [5, 5.41) is 1.20. The Kier molecular flexibility index (Phi) is 7.78. The molecule has 0 amide bonds. The molecule has 2 nitrogen and oxygen atoms in total. The molecule has 2 rings (SSSR count).